The Hall–Kier alpha value is -1.66. The number of hydrogen-bond donors (Lipinski definition) is 0. The lowest BCUT2D eigenvalue weighted by molar-refractivity contribution is 1.30. The highest BCUT2D eigenvalue weighted by Gasteiger charge is 2.08. The summed E-state index contributed by atoms with van der Waals surface area (Å²) >= 11 is 1.57. The van der Waals surface area contributed by atoms with Gasteiger partial charge in [-0.15, -0.1) is 11.3 Å². The smallest absolute Gasteiger partial charge is 0.155 e. The number of aryl methyl sites for hydroxylation is 2. The van der Waals surface area contributed by atoms with Gasteiger partial charge >= 0.3 is 0 Å². The third-order valence-corrected chi connectivity index (χ3v) is 3.19. The monoisotopic (exact) mass is 214 g/mol. The molecule has 2 aromatic rings. The Balaban J connectivity index is 2.51. The summed E-state index contributed by atoms with van der Waals surface area (Å²) < 4.78 is 0. The van der Waals surface area contributed by atoms with Gasteiger partial charge in [-0.05, 0) is 19.9 Å². The maximum Gasteiger partial charge on any atom is 0.155 e. The predicted molar refractivity (Wildman–Crippen MR) is 61.7 cm³/mol. The van der Waals surface area contributed by atoms with Crippen LogP contribution in [0.3, 0.4) is 0 Å². The Morgan fingerprint density at radius 3 is 2.73 bits per heavy atom. The average Bonchev–Trinajstić information content (AvgIpc) is 2.60. The van der Waals surface area contributed by atoms with E-state index < -0.39 is 0 Å². The van der Waals surface area contributed by atoms with E-state index in [1.165, 1.54) is 5.56 Å². The predicted octanol–water partition coefficient (Wildman–Crippen LogP) is 3.30. The zero-order valence-electron chi connectivity index (χ0n) is 8.61. The molecule has 1 aromatic heterocycles. The topological polar surface area (TPSA) is 36.7 Å². The molecule has 0 unspecified atom stereocenters. The van der Waals surface area contributed by atoms with Gasteiger partial charge in [0.2, 0.25) is 0 Å². The molecule has 0 N–H and O–H groups in total. The fourth-order valence-corrected chi connectivity index (χ4v) is 2.26. The van der Waals surface area contributed by atoms with E-state index in [-0.39, 0.29) is 0 Å². The van der Waals surface area contributed by atoms with Crippen molar-refractivity contribution < 1.29 is 0 Å². The van der Waals surface area contributed by atoms with Gasteiger partial charge in [-0.1, -0.05) is 23.8 Å². The number of thiazole rings is 1. The van der Waals surface area contributed by atoms with Crippen LogP contribution in [0.25, 0.3) is 10.6 Å². The van der Waals surface area contributed by atoms with Crippen molar-refractivity contribution in [1.29, 1.82) is 5.26 Å². The minimum absolute atomic E-state index is 0.538. The van der Waals surface area contributed by atoms with Gasteiger partial charge in [-0.25, -0.2) is 4.98 Å². The Morgan fingerprint density at radius 1 is 1.33 bits per heavy atom. The maximum absolute atomic E-state index is 8.83. The summed E-state index contributed by atoms with van der Waals surface area (Å²) in [7, 11) is 0. The lowest BCUT2D eigenvalue weighted by atomic mass is 10.1. The average molecular weight is 214 g/mol. The van der Waals surface area contributed by atoms with E-state index in [0.29, 0.717) is 5.69 Å². The molecule has 3 heteroatoms. The third-order valence-electron chi connectivity index (χ3n) is 2.17. The summed E-state index contributed by atoms with van der Waals surface area (Å²) in [6, 6.07) is 10.3. The second-order valence-electron chi connectivity index (χ2n) is 3.41. The summed E-state index contributed by atoms with van der Waals surface area (Å²) in [4.78, 5) is 5.28. The van der Waals surface area contributed by atoms with Gasteiger partial charge in [0.15, 0.2) is 5.69 Å². The minimum Gasteiger partial charge on any atom is -0.225 e. The van der Waals surface area contributed by atoms with Crippen molar-refractivity contribution in [3.8, 4) is 16.6 Å². The molecule has 0 saturated carbocycles. The van der Waals surface area contributed by atoms with Gasteiger partial charge in [-0.3, -0.25) is 0 Å². The van der Waals surface area contributed by atoms with Gasteiger partial charge in [0, 0.05) is 10.4 Å². The van der Waals surface area contributed by atoms with Crippen molar-refractivity contribution in [3.05, 3.63) is 40.4 Å². The largest absolute Gasteiger partial charge is 0.225 e. The first-order valence-corrected chi connectivity index (χ1v) is 5.47. The van der Waals surface area contributed by atoms with Crippen LogP contribution >= 0.6 is 11.3 Å². The molecule has 0 aliphatic carbocycles. The van der Waals surface area contributed by atoms with E-state index in [9.17, 15) is 0 Å². The fraction of sp³-hybridized carbons (Fsp3) is 0.167. The van der Waals surface area contributed by atoms with E-state index in [1.54, 1.807) is 11.3 Å². The molecule has 0 aliphatic rings. The zero-order valence-corrected chi connectivity index (χ0v) is 9.43. The molecule has 0 amide bonds. The molecule has 1 aromatic carbocycles. The van der Waals surface area contributed by atoms with Crippen LogP contribution in [-0.4, -0.2) is 4.98 Å². The Labute approximate surface area is 92.8 Å². The van der Waals surface area contributed by atoms with Crippen LogP contribution < -0.4 is 0 Å². The molecule has 2 rings (SSSR count). The highest BCUT2D eigenvalue weighted by molar-refractivity contribution is 7.15. The van der Waals surface area contributed by atoms with Crippen molar-refractivity contribution >= 4 is 11.3 Å². The number of benzene rings is 1. The molecule has 0 fully saturated rings. The van der Waals surface area contributed by atoms with Crippen LogP contribution in [0.4, 0.5) is 0 Å². The normalized spacial score (nSPS) is 9.93. The molecule has 0 aliphatic heterocycles. The highest BCUT2D eigenvalue weighted by atomic mass is 32.1. The van der Waals surface area contributed by atoms with Gasteiger partial charge in [0.05, 0.1) is 0 Å². The Bertz CT molecular complexity index is 535. The molecular weight excluding hydrogens is 204 g/mol. The second-order valence-corrected chi connectivity index (χ2v) is 4.61. The molecule has 74 valence electrons. The molecule has 0 bridgehead atoms. The summed E-state index contributed by atoms with van der Waals surface area (Å²) in [6.07, 6.45) is 0. The van der Waals surface area contributed by atoms with Crippen LogP contribution in [0.5, 0.6) is 0 Å². The van der Waals surface area contributed by atoms with E-state index in [1.807, 2.05) is 19.1 Å². The zero-order chi connectivity index (χ0) is 10.8. The molecule has 2 nitrogen and oxygen atoms in total. The first-order chi connectivity index (χ1) is 7.20. The molecule has 0 radical (unpaired) electrons. The first kappa shape index (κ1) is 9.88. The van der Waals surface area contributed by atoms with Gasteiger partial charge < -0.3 is 0 Å². The number of rotatable bonds is 1. The van der Waals surface area contributed by atoms with Crippen LogP contribution in [0.15, 0.2) is 24.3 Å². The molecular formula is C12H10N2S. The molecule has 0 atom stereocenters. The highest BCUT2D eigenvalue weighted by Crippen LogP contribution is 2.27. The molecule has 0 spiro atoms. The van der Waals surface area contributed by atoms with Crippen molar-refractivity contribution in [2.75, 3.05) is 0 Å². The molecule has 15 heavy (non-hydrogen) atoms. The summed E-state index contributed by atoms with van der Waals surface area (Å²) in [5.41, 5.74) is 2.83. The van der Waals surface area contributed by atoms with Gasteiger partial charge in [0.25, 0.3) is 0 Å². The number of hydrogen-bond acceptors (Lipinski definition) is 3. The lowest BCUT2D eigenvalue weighted by Gasteiger charge is -1.96. The SMILES string of the molecule is Cc1cccc(-c2nc(C#N)c(C)s2)c1. The maximum atomic E-state index is 8.83. The van der Waals surface area contributed by atoms with Gasteiger partial charge in [-0.2, -0.15) is 5.26 Å². The van der Waals surface area contributed by atoms with Crippen LogP contribution in [0, 0.1) is 25.2 Å². The van der Waals surface area contributed by atoms with Crippen molar-refractivity contribution in [2.24, 2.45) is 0 Å². The molecule has 1 heterocycles. The first-order valence-electron chi connectivity index (χ1n) is 4.65. The summed E-state index contributed by atoms with van der Waals surface area (Å²) in [5.74, 6) is 0. The van der Waals surface area contributed by atoms with E-state index in [2.05, 4.69) is 30.1 Å². The van der Waals surface area contributed by atoms with Crippen LogP contribution in [-0.2, 0) is 0 Å². The Kier molecular flexibility index (Phi) is 2.53. The van der Waals surface area contributed by atoms with Crippen molar-refractivity contribution in [2.45, 2.75) is 13.8 Å². The minimum atomic E-state index is 0.538. The van der Waals surface area contributed by atoms with Gasteiger partial charge in [0.1, 0.15) is 11.1 Å². The van der Waals surface area contributed by atoms with E-state index >= 15 is 0 Å². The number of nitrogens with zero attached hydrogens (tertiary/aromatic N) is 2. The summed E-state index contributed by atoms with van der Waals surface area (Å²) in [6.45, 7) is 3.98. The van der Waals surface area contributed by atoms with Crippen LogP contribution in [0.2, 0.25) is 0 Å². The van der Waals surface area contributed by atoms with E-state index in [0.717, 1.165) is 15.4 Å². The standard InChI is InChI=1S/C12H10N2S/c1-8-4-3-5-10(6-8)12-14-11(7-13)9(2)15-12/h3-6H,1-2H3. The fourth-order valence-electron chi connectivity index (χ4n) is 1.40. The number of aromatic nitrogens is 1. The third kappa shape index (κ3) is 1.90. The van der Waals surface area contributed by atoms with Crippen molar-refractivity contribution in [3.63, 3.8) is 0 Å². The summed E-state index contributed by atoms with van der Waals surface area (Å²) in [5, 5.41) is 9.75. The molecule has 0 saturated heterocycles. The van der Waals surface area contributed by atoms with Crippen LogP contribution in [0.1, 0.15) is 16.1 Å². The van der Waals surface area contributed by atoms with Crippen molar-refractivity contribution in [1.82, 2.24) is 4.98 Å². The second kappa shape index (κ2) is 3.84. The lowest BCUT2D eigenvalue weighted by Crippen LogP contribution is -1.79. The quantitative estimate of drug-likeness (QED) is 0.730. The number of nitriles is 1. The Morgan fingerprint density at radius 2 is 2.13 bits per heavy atom. The van der Waals surface area contributed by atoms with E-state index in [4.69, 9.17) is 5.26 Å².